The first-order valence-corrected chi connectivity index (χ1v) is 9.52. The fraction of sp³-hybridized carbons (Fsp3) is 0.435. The summed E-state index contributed by atoms with van der Waals surface area (Å²) in [4.78, 5) is 12.0. The van der Waals surface area contributed by atoms with Crippen LogP contribution >= 0.6 is 0 Å². The van der Waals surface area contributed by atoms with E-state index in [1.165, 1.54) is 7.11 Å². The van der Waals surface area contributed by atoms with Gasteiger partial charge in [-0.1, -0.05) is 38.1 Å². The summed E-state index contributed by atoms with van der Waals surface area (Å²) in [6, 6.07) is 12.7. The molecule has 5 heteroatoms. The first kappa shape index (κ1) is 23.5. The molecule has 0 saturated carbocycles. The average molecular weight is 388 g/mol. The third kappa shape index (κ3) is 6.57. The second kappa shape index (κ2) is 10.7. The Morgan fingerprint density at radius 1 is 1.04 bits per heavy atom. The van der Waals surface area contributed by atoms with Gasteiger partial charge in [-0.3, -0.25) is 0 Å². The number of nitrogens with one attached hydrogen (secondary N) is 1. The van der Waals surface area contributed by atoms with Crippen molar-refractivity contribution in [2.75, 3.05) is 19.5 Å². The van der Waals surface area contributed by atoms with Crippen LogP contribution in [0.1, 0.15) is 51.8 Å². The molecule has 1 atom stereocenters. The van der Waals surface area contributed by atoms with E-state index in [9.17, 15) is 4.79 Å². The van der Waals surface area contributed by atoms with Gasteiger partial charge in [0.1, 0.15) is 5.75 Å². The van der Waals surface area contributed by atoms with Crippen LogP contribution in [0.25, 0.3) is 0 Å². The Balaban J connectivity index is 0.000000422. The third-order valence-corrected chi connectivity index (χ3v) is 3.93. The SMILES string of the molecule is CC.COC(=O)C1Nc2cc(C)ccc2Oc2ccccc21.COC(C)(C)C. The minimum absolute atomic E-state index is 0.0417. The number of aryl methyl sites for hydroxylation is 1. The molecular formula is C23H33NO4. The maximum absolute atomic E-state index is 12.0. The Hall–Kier alpha value is -2.53. The molecule has 5 nitrogen and oxygen atoms in total. The first-order valence-electron chi connectivity index (χ1n) is 9.52. The Morgan fingerprint density at radius 3 is 2.21 bits per heavy atom. The molecule has 0 bridgehead atoms. The van der Waals surface area contributed by atoms with E-state index in [0.717, 1.165) is 16.8 Å². The van der Waals surface area contributed by atoms with Gasteiger partial charge in [-0.2, -0.15) is 0 Å². The van der Waals surface area contributed by atoms with Gasteiger partial charge >= 0.3 is 5.97 Å². The number of carbonyl (C=O) groups excluding carboxylic acids is 1. The minimum Gasteiger partial charge on any atom is -0.467 e. The molecule has 0 spiro atoms. The molecule has 0 fully saturated rings. The Labute approximate surface area is 169 Å². The number of methoxy groups -OCH3 is 2. The number of esters is 1. The molecule has 2 aromatic carbocycles. The minimum atomic E-state index is -0.570. The zero-order valence-electron chi connectivity index (χ0n) is 18.3. The number of rotatable bonds is 1. The molecule has 1 heterocycles. The highest BCUT2D eigenvalue weighted by Crippen LogP contribution is 2.40. The van der Waals surface area contributed by atoms with Crippen LogP contribution in [-0.4, -0.2) is 25.8 Å². The second-order valence-electron chi connectivity index (χ2n) is 7.06. The van der Waals surface area contributed by atoms with Crippen molar-refractivity contribution in [1.29, 1.82) is 0 Å². The summed E-state index contributed by atoms with van der Waals surface area (Å²) in [5, 5.41) is 3.21. The van der Waals surface area contributed by atoms with Gasteiger partial charge in [-0.05, 0) is 51.5 Å². The van der Waals surface area contributed by atoms with E-state index in [1.54, 1.807) is 7.11 Å². The fourth-order valence-corrected chi connectivity index (χ4v) is 2.31. The highest BCUT2D eigenvalue weighted by molar-refractivity contribution is 5.83. The van der Waals surface area contributed by atoms with Gasteiger partial charge in [0.2, 0.25) is 0 Å². The van der Waals surface area contributed by atoms with Crippen LogP contribution in [0, 0.1) is 6.92 Å². The van der Waals surface area contributed by atoms with E-state index in [-0.39, 0.29) is 11.6 Å². The van der Waals surface area contributed by atoms with E-state index in [2.05, 4.69) is 5.32 Å². The molecule has 0 aliphatic carbocycles. The lowest BCUT2D eigenvalue weighted by molar-refractivity contribution is -0.141. The summed E-state index contributed by atoms with van der Waals surface area (Å²) in [6.07, 6.45) is 0. The molecule has 0 aromatic heterocycles. The number of hydrogen-bond donors (Lipinski definition) is 1. The molecule has 3 rings (SSSR count). The normalized spacial score (nSPS) is 14.2. The molecule has 28 heavy (non-hydrogen) atoms. The summed E-state index contributed by atoms with van der Waals surface area (Å²) in [6.45, 7) is 12.1. The molecule has 0 amide bonds. The lowest BCUT2D eigenvalue weighted by Crippen LogP contribution is -2.21. The van der Waals surface area contributed by atoms with Crippen molar-refractivity contribution in [3.63, 3.8) is 0 Å². The summed E-state index contributed by atoms with van der Waals surface area (Å²) < 4.78 is 15.7. The summed E-state index contributed by atoms with van der Waals surface area (Å²) in [7, 11) is 3.09. The van der Waals surface area contributed by atoms with E-state index in [0.29, 0.717) is 11.5 Å². The van der Waals surface area contributed by atoms with Crippen LogP contribution in [0.3, 0.4) is 0 Å². The third-order valence-electron chi connectivity index (χ3n) is 3.93. The van der Waals surface area contributed by atoms with Gasteiger partial charge in [-0.25, -0.2) is 4.79 Å². The standard InChI is InChI=1S/C16H15NO3.C5H12O.C2H6/c1-10-7-8-14-12(9-10)17-15(16(18)19-2)11-5-3-4-6-13(11)20-14;1-5(2,3)6-4;1-2/h3-9,15,17H,1-2H3;1-4H3;1-2H3. The van der Waals surface area contributed by atoms with Crippen molar-refractivity contribution < 1.29 is 19.0 Å². The van der Waals surface area contributed by atoms with Gasteiger partial charge in [-0.15, -0.1) is 0 Å². The molecule has 154 valence electrons. The van der Waals surface area contributed by atoms with Gasteiger partial charge in [0, 0.05) is 12.7 Å². The quantitative estimate of drug-likeness (QED) is 0.619. The zero-order valence-corrected chi connectivity index (χ0v) is 18.3. The number of para-hydroxylation sites is 1. The topological polar surface area (TPSA) is 56.8 Å². The molecule has 2 aromatic rings. The van der Waals surface area contributed by atoms with Crippen molar-refractivity contribution in [3.8, 4) is 11.5 Å². The number of anilines is 1. The summed E-state index contributed by atoms with van der Waals surface area (Å²) in [5.41, 5.74) is 2.69. The predicted octanol–water partition coefficient (Wildman–Crippen LogP) is 5.88. The smallest absolute Gasteiger partial charge is 0.333 e. The van der Waals surface area contributed by atoms with E-state index < -0.39 is 6.04 Å². The van der Waals surface area contributed by atoms with Crippen molar-refractivity contribution in [3.05, 3.63) is 53.6 Å². The lowest BCUT2D eigenvalue weighted by atomic mass is 10.1. The Kier molecular flexibility index (Phi) is 9.00. The summed E-state index contributed by atoms with van der Waals surface area (Å²) >= 11 is 0. The largest absolute Gasteiger partial charge is 0.467 e. The van der Waals surface area contributed by atoms with E-state index >= 15 is 0 Å². The van der Waals surface area contributed by atoms with Crippen LogP contribution in [-0.2, 0) is 14.3 Å². The summed E-state index contributed by atoms with van der Waals surface area (Å²) in [5.74, 6) is 1.03. The molecule has 1 unspecified atom stereocenters. The van der Waals surface area contributed by atoms with Crippen molar-refractivity contribution in [2.24, 2.45) is 0 Å². The van der Waals surface area contributed by atoms with Gasteiger partial charge in [0.15, 0.2) is 11.8 Å². The molecule has 1 N–H and O–H groups in total. The van der Waals surface area contributed by atoms with E-state index in [4.69, 9.17) is 14.2 Å². The van der Waals surface area contributed by atoms with Crippen LogP contribution in [0.4, 0.5) is 5.69 Å². The van der Waals surface area contributed by atoms with Gasteiger partial charge in [0.25, 0.3) is 0 Å². The Bertz CT molecular complexity index is 765. The monoisotopic (exact) mass is 387 g/mol. The zero-order chi connectivity index (χ0) is 21.3. The first-order chi connectivity index (χ1) is 13.2. The number of fused-ring (bicyclic) bond motifs is 2. The average Bonchev–Trinajstić information content (AvgIpc) is 2.85. The predicted molar refractivity (Wildman–Crippen MR) is 114 cm³/mol. The van der Waals surface area contributed by atoms with Crippen LogP contribution in [0.15, 0.2) is 42.5 Å². The molecule has 0 radical (unpaired) electrons. The van der Waals surface area contributed by atoms with Gasteiger partial charge in [0.05, 0.1) is 18.4 Å². The highest BCUT2D eigenvalue weighted by Gasteiger charge is 2.28. The number of benzene rings is 2. The maximum atomic E-state index is 12.0. The molecule has 0 saturated heterocycles. The van der Waals surface area contributed by atoms with Crippen LogP contribution in [0.2, 0.25) is 0 Å². The van der Waals surface area contributed by atoms with Crippen molar-refractivity contribution in [2.45, 2.75) is 53.2 Å². The van der Waals surface area contributed by atoms with Gasteiger partial charge < -0.3 is 19.5 Å². The Morgan fingerprint density at radius 2 is 1.64 bits per heavy atom. The highest BCUT2D eigenvalue weighted by atomic mass is 16.5. The fourth-order valence-electron chi connectivity index (χ4n) is 2.31. The maximum Gasteiger partial charge on any atom is 0.333 e. The van der Waals surface area contributed by atoms with Crippen LogP contribution in [0.5, 0.6) is 11.5 Å². The number of carbonyl (C=O) groups is 1. The van der Waals surface area contributed by atoms with Crippen molar-refractivity contribution in [1.82, 2.24) is 0 Å². The van der Waals surface area contributed by atoms with Crippen LogP contribution < -0.4 is 10.1 Å². The number of ether oxygens (including phenoxy) is 3. The molecule has 1 aliphatic heterocycles. The lowest BCUT2D eigenvalue weighted by Gasteiger charge is -2.16. The van der Waals surface area contributed by atoms with Crippen molar-refractivity contribution >= 4 is 11.7 Å². The molecular weight excluding hydrogens is 354 g/mol. The van der Waals surface area contributed by atoms with E-state index in [1.807, 2.05) is 84.0 Å². The number of hydrogen-bond acceptors (Lipinski definition) is 5. The second-order valence-corrected chi connectivity index (χ2v) is 7.06. The molecule has 1 aliphatic rings.